The minimum absolute atomic E-state index is 0.603. The summed E-state index contributed by atoms with van der Waals surface area (Å²) in [6.07, 6.45) is 0.980. The first-order valence-corrected chi connectivity index (χ1v) is 5.87. The van der Waals surface area contributed by atoms with Crippen LogP contribution in [0, 0.1) is 6.92 Å². The summed E-state index contributed by atoms with van der Waals surface area (Å²) in [6.45, 7) is 4.16. The lowest BCUT2D eigenvalue weighted by Gasteiger charge is -2.01. The Balaban J connectivity index is 2.32. The molecule has 13 heavy (non-hydrogen) atoms. The molecule has 2 nitrogen and oxygen atoms in total. The Morgan fingerprint density at radius 2 is 2.31 bits per heavy atom. The Kier molecular flexibility index (Phi) is 4.94. The van der Waals surface area contributed by atoms with Crippen molar-refractivity contribution in [2.45, 2.75) is 13.3 Å². The maximum absolute atomic E-state index is 5.32. The van der Waals surface area contributed by atoms with E-state index in [1.165, 1.54) is 14.2 Å². The number of hydrogen-bond donors (Lipinski definition) is 1. The van der Waals surface area contributed by atoms with Crippen LogP contribution < -0.4 is 5.73 Å². The molecule has 1 heterocycles. The first-order chi connectivity index (χ1) is 6.24. The molecule has 0 saturated heterocycles. The largest absolute Gasteiger partial charge is 0.380 e. The van der Waals surface area contributed by atoms with E-state index in [1.807, 2.05) is 0 Å². The highest BCUT2D eigenvalue weighted by molar-refractivity contribution is 9.11. The summed E-state index contributed by atoms with van der Waals surface area (Å²) in [4.78, 5) is 1.36. The standard InChI is InChI=1S/C9H14BrNOS/c1-7-8(6-9(10)13-7)2-4-12-5-3-11/h6H,2-5,11H2,1H3. The molecule has 0 amide bonds. The molecule has 1 aromatic heterocycles. The Morgan fingerprint density at radius 1 is 1.54 bits per heavy atom. The minimum atomic E-state index is 0.603. The highest BCUT2D eigenvalue weighted by atomic mass is 79.9. The molecule has 0 aliphatic rings. The molecule has 74 valence electrons. The van der Waals surface area contributed by atoms with Crippen LogP contribution in [-0.2, 0) is 11.2 Å². The van der Waals surface area contributed by atoms with Gasteiger partial charge in [-0.15, -0.1) is 11.3 Å². The fourth-order valence-electron chi connectivity index (χ4n) is 1.10. The van der Waals surface area contributed by atoms with Crippen LogP contribution in [0.3, 0.4) is 0 Å². The number of halogens is 1. The van der Waals surface area contributed by atoms with Crippen molar-refractivity contribution in [3.05, 3.63) is 20.3 Å². The van der Waals surface area contributed by atoms with Crippen molar-refractivity contribution in [1.29, 1.82) is 0 Å². The van der Waals surface area contributed by atoms with E-state index in [1.54, 1.807) is 11.3 Å². The number of nitrogens with two attached hydrogens (primary N) is 1. The fourth-order valence-corrected chi connectivity index (χ4v) is 2.89. The number of hydrogen-bond acceptors (Lipinski definition) is 3. The van der Waals surface area contributed by atoms with Gasteiger partial charge in [0.2, 0.25) is 0 Å². The SMILES string of the molecule is Cc1sc(Br)cc1CCOCCN. The van der Waals surface area contributed by atoms with Crippen LogP contribution in [0.5, 0.6) is 0 Å². The molecular weight excluding hydrogens is 250 g/mol. The number of aryl methyl sites for hydroxylation is 1. The van der Waals surface area contributed by atoms with Crippen molar-refractivity contribution in [2.24, 2.45) is 5.73 Å². The van der Waals surface area contributed by atoms with Gasteiger partial charge in [-0.2, -0.15) is 0 Å². The Labute approximate surface area is 91.2 Å². The summed E-state index contributed by atoms with van der Waals surface area (Å²) in [6, 6.07) is 2.16. The third-order valence-electron chi connectivity index (χ3n) is 1.77. The molecule has 0 saturated carbocycles. The lowest BCUT2D eigenvalue weighted by Crippen LogP contribution is -2.10. The van der Waals surface area contributed by atoms with Crippen LogP contribution >= 0.6 is 27.3 Å². The van der Waals surface area contributed by atoms with E-state index in [0.29, 0.717) is 13.2 Å². The van der Waals surface area contributed by atoms with Gasteiger partial charge in [0.05, 0.1) is 17.0 Å². The van der Waals surface area contributed by atoms with Crippen LogP contribution in [0.1, 0.15) is 10.4 Å². The van der Waals surface area contributed by atoms with Crippen molar-refractivity contribution in [3.8, 4) is 0 Å². The summed E-state index contributed by atoms with van der Waals surface area (Å²) < 4.78 is 6.51. The van der Waals surface area contributed by atoms with E-state index in [2.05, 4.69) is 28.9 Å². The highest BCUT2D eigenvalue weighted by Gasteiger charge is 2.02. The molecule has 0 aliphatic carbocycles. The van der Waals surface area contributed by atoms with Crippen LogP contribution in [0.4, 0.5) is 0 Å². The molecule has 2 N–H and O–H groups in total. The number of rotatable bonds is 5. The molecule has 0 radical (unpaired) electrons. The van der Waals surface area contributed by atoms with Gasteiger partial charge >= 0.3 is 0 Å². The van der Waals surface area contributed by atoms with Crippen molar-refractivity contribution in [2.75, 3.05) is 19.8 Å². The molecular formula is C9H14BrNOS. The highest BCUT2D eigenvalue weighted by Crippen LogP contribution is 2.26. The zero-order valence-corrected chi connectivity index (χ0v) is 10.1. The predicted octanol–water partition coefficient (Wildman–Crippen LogP) is 2.34. The molecule has 1 rings (SSSR count). The second-order valence-electron chi connectivity index (χ2n) is 2.78. The van der Waals surface area contributed by atoms with Crippen LogP contribution in [0.15, 0.2) is 9.85 Å². The molecule has 0 aromatic carbocycles. The van der Waals surface area contributed by atoms with Crippen LogP contribution in [0.2, 0.25) is 0 Å². The lowest BCUT2D eigenvalue weighted by atomic mass is 10.2. The van der Waals surface area contributed by atoms with E-state index in [0.717, 1.165) is 13.0 Å². The van der Waals surface area contributed by atoms with E-state index < -0.39 is 0 Å². The zero-order valence-electron chi connectivity index (χ0n) is 7.68. The van der Waals surface area contributed by atoms with E-state index >= 15 is 0 Å². The monoisotopic (exact) mass is 263 g/mol. The molecule has 0 fully saturated rings. The third-order valence-corrected chi connectivity index (χ3v) is 3.36. The van der Waals surface area contributed by atoms with Gasteiger partial charge in [0.15, 0.2) is 0 Å². The Morgan fingerprint density at radius 3 is 2.85 bits per heavy atom. The molecule has 0 spiro atoms. The van der Waals surface area contributed by atoms with Crippen molar-refractivity contribution >= 4 is 27.3 Å². The van der Waals surface area contributed by atoms with Gasteiger partial charge in [0.1, 0.15) is 0 Å². The lowest BCUT2D eigenvalue weighted by molar-refractivity contribution is 0.144. The van der Waals surface area contributed by atoms with Gasteiger partial charge in [-0.25, -0.2) is 0 Å². The predicted molar refractivity (Wildman–Crippen MR) is 60.3 cm³/mol. The Hall–Kier alpha value is 0.1000. The topological polar surface area (TPSA) is 35.2 Å². The van der Waals surface area contributed by atoms with Gasteiger partial charge in [0.25, 0.3) is 0 Å². The average Bonchev–Trinajstić information content (AvgIpc) is 2.39. The summed E-state index contributed by atoms with van der Waals surface area (Å²) in [5.74, 6) is 0. The van der Waals surface area contributed by atoms with E-state index in [-0.39, 0.29) is 0 Å². The van der Waals surface area contributed by atoms with Gasteiger partial charge in [-0.3, -0.25) is 0 Å². The molecule has 0 aliphatic heterocycles. The summed E-state index contributed by atoms with van der Waals surface area (Å²) in [5, 5.41) is 0. The molecule has 0 unspecified atom stereocenters. The van der Waals surface area contributed by atoms with Crippen molar-refractivity contribution in [1.82, 2.24) is 0 Å². The summed E-state index contributed by atoms with van der Waals surface area (Å²) in [5.41, 5.74) is 6.68. The van der Waals surface area contributed by atoms with Crippen molar-refractivity contribution < 1.29 is 4.74 Å². The molecule has 1 aromatic rings. The van der Waals surface area contributed by atoms with Crippen molar-refractivity contribution in [3.63, 3.8) is 0 Å². The van der Waals surface area contributed by atoms with E-state index in [9.17, 15) is 0 Å². The molecule has 0 bridgehead atoms. The normalized spacial score (nSPS) is 10.7. The average molecular weight is 264 g/mol. The van der Waals surface area contributed by atoms with Gasteiger partial charge < -0.3 is 10.5 Å². The van der Waals surface area contributed by atoms with Crippen LogP contribution in [-0.4, -0.2) is 19.8 Å². The van der Waals surface area contributed by atoms with Gasteiger partial charge in [0, 0.05) is 11.4 Å². The quantitative estimate of drug-likeness (QED) is 0.828. The summed E-state index contributed by atoms with van der Waals surface area (Å²) in [7, 11) is 0. The maximum Gasteiger partial charge on any atom is 0.0704 e. The first kappa shape index (κ1) is 11.2. The Bertz CT molecular complexity index is 262. The van der Waals surface area contributed by atoms with Gasteiger partial charge in [-0.05, 0) is 40.9 Å². The minimum Gasteiger partial charge on any atom is -0.380 e. The zero-order chi connectivity index (χ0) is 9.68. The second-order valence-corrected chi connectivity index (χ2v) is 5.42. The molecule has 0 atom stereocenters. The maximum atomic E-state index is 5.32. The smallest absolute Gasteiger partial charge is 0.0704 e. The number of thiophene rings is 1. The second kappa shape index (κ2) is 5.75. The molecule has 4 heteroatoms. The van der Waals surface area contributed by atoms with Crippen LogP contribution in [0.25, 0.3) is 0 Å². The first-order valence-electron chi connectivity index (χ1n) is 4.26. The van der Waals surface area contributed by atoms with E-state index in [4.69, 9.17) is 10.5 Å². The summed E-state index contributed by atoms with van der Waals surface area (Å²) >= 11 is 5.23. The number of ether oxygens (including phenoxy) is 1. The fraction of sp³-hybridized carbons (Fsp3) is 0.556. The third kappa shape index (κ3) is 3.77. The van der Waals surface area contributed by atoms with Gasteiger partial charge in [-0.1, -0.05) is 0 Å².